The van der Waals surface area contributed by atoms with Crippen molar-refractivity contribution in [1.29, 1.82) is 0 Å². The molecule has 0 saturated heterocycles. The number of methoxy groups -OCH3 is 1. The van der Waals surface area contributed by atoms with E-state index >= 15 is 0 Å². The Bertz CT molecular complexity index is 492. The number of aromatic nitrogens is 2. The summed E-state index contributed by atoms with van der Waals surface area (Å²) >= 11 is 1.87. The molecule has 0 bridgehead atoms. The first-order chi connectivity index (χ1) is 9.33. The Labute approximate surface area is 118 Å². The Morgan fingerprint density at radius 2 is 2.16 bits per heavy atom. The van der Waals surface area contributed by atoms with Crippen LogP contribution in [0.1, 0.15) is 22.4 Å². The standard InChI is InChI=1S/C14H21N3OS/c1-3-13-4-5-14(19-13)11-17-12(6-7-16-17)10-15-8-9-18-2/h4-7,15H,3,8-11H2,1-2H3. The lowest BCUT2D eigenvalue weighted by molar-refractivity contribution is 0.199. The molecule has 2 rings (SSSR count). The molecule has 0 aliphatic heterocycles. The van der Waals surface area contributed by atoms with E-state index in [-0.39, 0.29) is 0 Å². The number of rotatable bonds is 8. The van der Waals surface area contributed by atoms with Crippen molar-refractivity contribution in [2.75, 3.05) is 20.3 Å². The van der Waals surface area contributed by atoms with Crippen LogP contribution in [-0.4, -0.2) is 30.0 Å². The predicted molar refractivity (Wildman–Crippen MR) is 78.6 cm³/mol. The van der Waals surface area contributed by atoms with Crippen molar-refractivity contribution in [2.45, 2.75) is 26.4 Å². The Morgan fingerprint density at radius 3 is 2.89 bits per heavy atom. The molecule has 104 valence electrons. The van der Waals surface area contributed by atoms with Gasteiger partial charge in [0.2, 0.25) is 0 Å². The lowest BCUT2D eigenvalue weighted by Crippen LogP contribution is -2.20. The van der Waals surface area contributed by atoms with Crippen LogP contribution < -0.4 is 5.32 Å². The van der Waals surface area contributed by atoms with Gasteiger partial charge in [0.05, 0.1) is 18.8 Å². The minimum absolute atomic E-state index is 0.735. The summed E-state index contributed by atoms with van der Waals surface area (Å²) in [7, 11) is 1.72. The van der Waals surface area contributed by atoms with Crippen molar-refractivity contribution in [3.8, 4) is 0 Å². The number of nitrogens with one attached hydrogen (secondary N) is 1. The fourth-order valence-electron chi connectivity index (χ4n) is 1.89. The molecule has 2 heterocycles. The molecule has 2 aromatic heterocycles. The highest BCUT2D eigenvalue weighted by Gasteiger charge is 2.05. The molecule has 0 amide bonds. The van der Waals surface area contributed by atoms with Gasteiger partial charge in [-0.3, -0.25) is 4.68 Å². The molecule has 0 unspecified atom stereocenters. The molecular weight excluding hydrogens is 258 g/mol. The first-order valence-corrected chi connectivity index (χ1v) is 7.43. The van der Waals surface area contributed by atoms with Crippen LogP contribution in [0.5, 0.6) is 0 Å². The van der Waals surface area contributed by atoms with Crippen LogP contribution in [0.2, 0.25) is 0 Å². The van der Waals surface area contributed by atoms with Gasteiger partial charge >= 0.3 is 0 Å². The molecule has 2 aromatic rings. The number of nitrogens with zero attached hydrogens (tertiary/aromatic N) is 2. The van der Waals surface area contributed by atoms with Crippen LogP contribution in [0.15, 0.2) is 24.4 Å². The molecule has 4 nitrogen and oxygen atoms in total. The molecule has 0 saturated carbocycles. The lowest BCUT2D eigenvalue weighted by Gasteiger charge is -2.07. The summed E-state index contributed by atoms with van der Waals surface area (Å²) < 4.78 is 7.08. The highest BCUT2D eigenvalue weighted by atomic mass is 32.1. The first-order valence-electron chi connectivity index (χ1n) is 6.61. The highest BCUT2D eigenvalue weighted by molar-refractivity contribution is 7.11. The third-order valence-electron chi connectivity index (χ3n) is 2.96. The van der Waals surface area contributed by atoms with E-state index < -0.39 is 0 Å². The van der Waals surface area contributed by atoms with Crippen LogP contribution in [0.25, 0.3) is 0 Å². The normalized spacial score (nSPS) is 11.1. The molecule has 19 heavy (non-hydrogen) atoms. The molecule has 0 spiro atoms. The van der Waals surface area contributed by atoms with Crippen LogP contribution in [0.3, 0.4) is 0 Å². The predicted octanol–water partition coefficient (Wildman–Crippen LogP) is 2.29. The number of ether oxygens (including phenoxy) is 1. The molecule has 0 aromatic carbocycles. The minimum atomic E-state index is 0.735. The summed E-state index contributed by atoms with van der Waals surface area (Å²) in [5, 5.41) is 7.75. The number of hydrogen-bond acceptors (Lipinski definition) is 4. The summed E-state index contributed by atoms with van der Waals surface area (Å²) in [4.78, 5) is 2.79. The number of thiophene rings is 1. The maximum absolute atomic E-state index is 5.02. The molecule has 1 N–H and O–H groups in total. The summed E-state index contributed by atoms with van der Waals surface area (Å²) in [6.45, 7) is 5.47. The quantitative estimate of drug-likeness (QED) is 0.754. The van der Waals surface area contributed by atoms with E-state index in [1.165, 1.54) is 15.4 Å². The minimum Gasteiger partial charge on any atom is -0.383 e. The molecule has 0 aliphatic carbocycles. The topological polar surface area (TPSA) is 39.1 Å². The van der Waals surface area contributed by atoms with Gasteiger partial charge in [-0.25, -0.2) is 0 Å². The van der Waals surface area contributed by atoms with Gasteiger partial charge in [0.25, 0.3) is 0 Å². The van der Waals surface area contributed by atoms with Crippen LogP contribution in [0.4, 0.5) is 0 Å². The SMILES string of the molecule is CCc1ccc(Cn2nccc2CNCCOC)s1. The fourth-order valence-corrected chi connectivity index (χ4v) is 2.83. The second kappa shape index (κ2) is 7.43. The second-order valence-corrected chi connectivity index (χ2v) is 5.62. The fraction of sp³-hybridized carbons (Fsp3) is 0.500. The summed E-state index contributed by atoms with van der Waals surface area (Å²) in [6.07, 6.45) is 2.97. The van der Waals surface area contributed by atoms with E-state index in [9.17, 15) is 0 Å². The first kappa shape index (κ1) is 14.2. The maximum atomic E-state index is 5.02. The Balaban J connectivity index is 1.91. The van der Waals surface area contributed by atoms with Gasteiger partial charge in [-0.15, -0.1) is 11.3 Å². The van der Waals surface area contributed by atoms with E-state index in [0.29, 0.717) is 0 Å². The van der Waals surface area contributed by atoms with Gasteiger partial charge in [0, 0.05) is 36.2 Å². The maximum Gasteiger partial charge on any atom is 0.0756 e. The molecule has 5 heteroatoms. The lowest BCUT2D eigenvalue weighted by atomic mass is 10.3. The van der Waals surface area contributed by atoms with E-state index in [2.05, 4.69) is 40.2 Å². The molecule has 0 atom stereocenters. The molecular formula is C14H21N3OS. The molecule has 0 radical (unpaired) electrons. The Morgan fingerprint density at radius 1 is 1.32 bits per heavy atom. The Hall–Kier alpha value is -1.17. The van der Waals surface area contributed by atoms with Crippen LogP contribution >= 0.6 is 11.3 Å². The van der Waals surface area contributed by atoms with Crippen molar-refractivity contribution in [3.05, 3.63) is 39.8 Å². The van der Waals surface area contributed by atoms with Gasteiger partial charge in [-0.05, 0) is 24.6 Å². The van der Waals surface area contributed by atoms with Gasteiger partial charge in [-0.2, -0.15) is 5.10 Å². The summed E-state index contributed by atoms with van der Waals surface area (Å²) in [5.74, 6) is 0. The van der Waals surface area contributed by atoms with Gasteiger partial charge in [0.15, 0.2) is 0 Å². The van der Waals surface area contributed by atoms with E-state index in [1.807, 2.05) is 17.5 Å². The summed E-state index contributed by atoms with van der Waals surface area (Å²) in [6, 6.07) is 6.47. The highest BCUT2D eigenvalue weighted by Crippen LogP contribution is 2.18. The van der Waals surface area contributed by atoms with E-state index in [4.69, 9.17) is 4.74 Å². The Kier molecular flexibility index (Phi) is 5.57. The average molecular weight is 279 g/mol. The van der Waals surface area contributed by atoms with Crippen LogP contribution in [0, 0.1) is 0 Å². The van der Waals surface area contributed by atoms with E-state index in [1.54, 1.807) is 7.11 Å². The van der Waals surface area contributed by atoms with Crippen molar-refractivity contribution in [3.63, 3.8) is 0 Å². The third kappa shape index (κ3) is 4.16. The van der Waals surface area contributed by atoms with Crippen molar-refractivity contribution >= 4 is 11.3 Å². The summed E-state index contributed by atoms with van der Waals surface area (Å²) in [5.41, 5.74) is 1.21. The zero-order valence-electron chi connectivity index (χ0n) is 11.6. The van der Waals surface area contributed by atoms with Gasteiger partial charge in [0.1, 0.15) is 0 Å². The average Bonchev–Trinajstić information content (AvgIpc) is 3.05. The van der Waals surface area contributed by atoms with Gasteiger partial charge in [-0.1, -0.05) is 6.92 Å². The zero-order valence-corrected chi connectivity index (χ0v) is 12.4. The molecule has 0 aliphatic rings. The smallest absolute Gasteiger partial charge is 0.0756 e. The van der Waals surface area contributed by atoms with Crippen molar-refractivity contribution < 1.29 is 4.74 Å². The van der Waals surface area contributed by atoms with Crippen molar-refractivity contribution in [2.24, 2.45) is 0 Å². The second-order valence-electron chi connectivity index (χ2n) is 4.37. The number of aryl methyl sites for hydroxylation is 1. The monoisotopic (exact) mass is 279 g/mol. The van der Waals surface area contributed by atoms with E-state index in [0.717, 1.165) is 32.7 Å². The number of hydrogen-bond donors (Lipinski definition) is 1. The zero-order chi connectivity index (χ0) is 13.5. The van der Waals surface area contributed by atoms with Crippen molar-refractivity contribution in [1.82, 2.24) is 15.1 Å². The molecule has 0 fully saturated rings. The van der Waals surface area contributed by atoms with Crippen LogP contribution in [-0.2, 0) is 24.2 Å². The largest absolute Gasteiger partial charge is 0.383 e. The third-order valence-corrected chi connectivity index (χ3v) is 4.18. The van der Waals surface area contributed by atoms with Gasteiger partial charge < -0.3 is 10.1 Å².